The first-order valence-electron chi connectivity index (χ1n) is 6.33. The molecule has 2 rings (SSSR count). The fourth-order valence-corrected chi connectivity index (χ4v) is 1.92. The van der Waals surface area contributed by atoms with Crippen LogP contribution in [0.2, 0.25) is 0 Å². The van der Waals surface area contributed by atoms with Crippen LogP contribution in [0, 0.1) is 13.8 Å². The fraction of sp³-hybridized carbons (Fsp3) is 0.188. The number of nitrogens with two attached hydrogens (primary N) is 1. The Bertz CT molecular complexity index is 651. The number of benzene rings is 2. The molecule has 0 aliphatic rings. The van der Waals surface area contributed by atoms with Gasteiger partial charge in [0.25, 0.3) is 0 Å². The number of hydrogen-bond donors (Lipinski definition) is 2. The number of esters is 1. The zero-order valence-corrected chi connectivity index (χ0v) is 11.9. The van der Waals surface area contributed by atoms with E-state index in [-0.39, 0.29) is 5.97 Å². The molecule has 0 atom stereocenters. The van der Waals surface area contributed by atoms with Crippen molar-refractivity contribution < 1.29 is 9.53 Å². The van der Waals surface area contributed by atoms with Gasteiger partial charge >= 0.3 is 5.97 Å². The fourth-order valence-electron chi connectivity index (χ4n) is 1.92. The maximum Gasteiger partial charge on any atom is 0.337 e. The minimum atomic E-state index is -0.381. The zero-order valence-electron chi connectivity index (χ0n) is 11.9. The van der Waals surface area contributed by atoms with E-state index in [0.717, 1.165) is 16.8 Å². The smallest absolute Gasteiger partial charge is 0.337 e. The number of aryl methyl sites for hydroxylation is 2. The first-order chi connectivity index (χ1) is 9.51. The number of carbonyl (C=O) groups is 1. The monoisotopic (exact) mass is 270 g/mol. The van der Waals surface area contributed by atoms with E-state index in [4.69, 9.17) is 10.5 Å². The molecule has 0 radical (unpaired) electrons. The highest BCUT2D eigenvalue weighted by Gasteiger charge is 2.09. The Morgan fingerprint density at radius 2 is 1.85 bits per heavy atom. The van der Waals surface area contributed by atoms with Crippen molar-refractivity contribution in [2.24, 2.45) is 0 Å². The Morgan fingerprint density at radius 3 is 2.55 bits per heavy atom. The second-order valence-electron chi connectivity index (χ2n) is 4.74. The van der Waals surface area contributed by atoms with E-state index >= 15 is 0 Å². The highest BCUT2D eigenvalue weighted by molar-refractivity contribution is 5.92. The highest BCUT2D eigenvalue weighted by atomic mass is 16.5. The summed E-state index contributed by atoms with van der Waals surface area (Å²) in [5.41, 5.74) is 10.9. The van der Waals surface area contributed by atoms with Crippen LogP contribution in [-0.2, 0) is 4.74 Å². The molecule has 0 bridgehead atoms. The van der Waals surface area contributed by atoms with Gasteiger partial charge < -0.3 is 15.8 Å². The Kier molecular flexibility index (Phi) is 3.94. The van der Waals surface area contributed by atoms with Crippen molar-refractivity contribution in [1.82, 2.24) is 0 Å². The molecule has 0 aliphatic heterocycles. The standard InChI is InChI=1S/C16H18N2O2/c1-10-4-5-11(2)14(8-10)18-15-9-12(16(19)20-3)6-7-13(15)17/h4-9,18H,17H2,1-3H3. The molecule has 0 spiro atoms. The first kappa shape index (κ1) is 13.9. The number of methoxy groups -OCH3 is 1. The third-order valence-electron chi connectivity index (χ3n) is 3.14. The average molecular weight is 270 g/mol. The minimum absolute atomic E-state index is 0.381. The third kappa shape index (κ3) is 2.91. The van der Waals surface area contributed by atoms with Crippen LogP contribution in [0.1, 0.15) is 21.5 Å². The topological polar surface area (TPSA) is 64.3 Å². The van der Waals surface area contributed by atoms with Crippen molar-refractivity contribution in [3.05, 3.63) is 53.1 Å². The normalized spacial score (nSPS) is 10.2. The van der Waals surface area contributed by atoms with Crippen molar-refractivity contribution in [3.63, 3.8) is 0 Å². The van der Waals surface area contributed by atoms with E-state index in [1.54, 1.807) is 18.2 Å². The first-order valence-corrected chi connectivity index (χ1v) is 6.33. The molecule has 2 aromatic carbocycles. The Morgan fingerprint density at radius 1 is 1.10 bits per heavy atom. The number of nitrogens with one attached hydrogen (secondary N) is 1. The molecule has 3 N–H and O–H groups in total. The lowest BCUT2D eigenvalue weighted by Gasteiger charge is -2.13. The summed E-state index contributed by atoms with van der Waals surface area (Å²) in [6, 6.07) is 11.2. The summed E-state index contributed by atoms with van der Waals surface area (Å²) in [4.78, 5) is 11.6. The van der Waals surface area contributed by atoms with E-state index < -0.39 is 0 Å². The van der Waals surface area contributed by atoms with E-state index in [2.05, 4.69) is 11.4 Å². The van der Waals surface area contributed by atoms with Gasteiger partial charge in [-0.3, -0.25) is 0 Å². The summed E-state index contributed by atoms with van der Waals surface area (Å²) in [5, 5.41) is 3.27. The van der Waals surface area contributed by atoms with Crippen molar-refractivity contribution in [1.29, 1.82) is 0 Å². The predicted molar refractivity (Wildman–Crippen MR) is 81.4 cm³/mol. The second kappa shape index (κ2) is 5.65. The quantitative estimate of drug-likeness (QED) is 0.662. The summed E-state index contributed by atoms with van der Waals surface area (Å²) in [6.07, 6.45) is 0. The molecule has 0 unspecified atom stereocenters. The third-order valence-corrected chi connectivity index (χ3v) is 3.14. The van der Waals surface area contributed by atoms with Crippen LogP contribution in [0.25, 0.3) is 0 Å². The van der Waals surface area contributed by atoms with Gasteiger partial charge in [0.05, 0.1) is 24.0 Å². The van der Waals surface area contributed by atoms with Gasteiger partial charge in [0.1, 0.15) is 0 Å². The van der Waals surface area contributed by atoms with Gasteiger partial charge in [-0.25, -0.2) is 4.79 Å². The molecular formula is C16H18N2O2. The van der Waals surface area contributed by atoms with Gasteiger partial charge in [-0.15, -0.1) is 0 Å². The number of rotatable bonds is 3. The molecule has 4 heteroatoms. The lowest BCUT2D eigenvalue weighted by atomic mass is 10.1. The Hall–Kier alpha value is -2.49. The van der Waals surface area contributed by atoms with Crippen LogP contribution < -0.4 is 11.1 Å². The van der Waals surface area contributed by atoms with Gasteiger partial charge in [-0.2, -0.15) is 0 Å². The van der Waals surface area contributed by atoms with Crippen molar-refractivity contribution >= 4 is 23.0 Å². The van der Waals surface area contributed by atoms with Gasteiger partial charge in [-0.1, -0.05) is 12.1 Å². The number of carbonyl (C=O) groups excluding carboxylic acids is 1. The lowest BCUT2D eigenvalue weighted by Crippen LogP contribution is -2.04. The highest BCUT2D eigenvalue weighted by Crippen LogP contribution is 2.27. The molecule has 0 saturated heterocycles. The average Bonchev–Trinajstić information content (AvgIpc) is 2.44. The SMILES string of the molecule is COC(=O)c1ccc(N)c(Nc2cc(C)ccc2C)c1. The number of hydrogen-bond acceptors (Lipinski definition) is 4. The van der Waals surface area contributed by atoms with E-state index in [9.17, 15) is 4.79 Å². The Balaban J connectivity index is 2.37. The summed E-state index contributed by atoms with van der Waals surface area (Å²) in [7, 11) is 1.36. The summed E-state index contributed by atoms with van der Waals surface area (Å²) < 4.78 is 4.72. The molecule has 104 valence electrons. The molecule has 0 heterocycles. The molecule has 0 amide bonds. The van der Waals surface area contributed by atoms with Crippen molar-refractivity contribution in [2.75, 3.05) is 18.2 Å². The molecule has 2 aromatic rings. The minimum Gasteiger partial charge on any atom is -0.465 e. The van der Waals surface area contributed by atoms with E-state index in [0.29, 0.717) is 16.9 Å². The van der Waals surface area contributed by atoms with Gasteiger partial charge in [-0.05, 0) is 49.2 Å². The molecule has 4 nitrogen and oxygen atoms in total. The summed E-state index contributed by atoms with van der Waals surface area (Å²) in [5.74, 6) is -0.381. The van der Waals surface area contributed by atoms with Crippen molar-refractivity contribution in [3.8, 4) is 0 Å². The summed E-state index contributed by atoms with van der Waals surface area (Å²) >= 11 is 0. The lowest BCUT2D eigenvalue weighted by molar-refractivity contribution is 0.0601. The maximum atomic E-state index is 11.6. The zero-order chi connectivity index (χ0) is 14.7. The van der Waals surface area contributed by atoms with Gasteiger partial charge in [0.15, 0.2) is 0 Å². The molecule has 0 aliphatic carbocycles. The van der Waals surface area contributed by atoms with Crippen LogP contribution in [0.4, 0.5) is 17.1 Å². The van der Waals surface area contributed by atoms with Crippen LogP contribution >= 0.6 is 0 Å². The number of nitrogen functional groups attached to an aromatic ring is 1. The largest absolute Gasteiger partial charge is 0.465 e. The number of ether oxygens (including phenoxy) is 1. The molecule has 0 saturated carbocycles. The molecule has 20 heavy (non-hydrogen) atoms. The van der Waals surface area contributed by atoms with E-state index in [1.165, 1.54) is 7.11 Å². The summed E-state index contributed by atoms with van der Waals surface area (Å²) in [6.45, 7) is 4.04. The van der Waals surface area contributed by atoms with Crippen LogP contribution in [0.3, 0.4) is 0 Å². The predicted octanol–water partition coefficient (Wildman–Crippen LogP) is 3.42. The number of anilines is 3. The molecular weight excluding hydrogens is 252 g/mol. The van der Waals surface area contributed by atoms with Crippen LogP contribution in [0.15, 0.2) is 36.4 Å². The second-order valence-corrected chi connectivity index (χ2v) is 4.74. The molecule has 0 fully saturated rings. The van der Waals surface area contributed by atoms with Crippen LogP contribution in [-0.4, -0.2) is 13.1 Å². The molecule has 0 aromatic heterocycles. The van der Waals surface area contributed by atoms with Gasteiger partial charge in [0, 0.05) is 5.69 Å². The van der Waals surface area contributed by atoms with Crippen molar-refractivity contribution in [2.45, 2.75) is 13.8 Å². The maximum absolute atomic E-state index is 11.6. The van der Waals surface area contributed by atoms with E-state index in [1.807, 2.05) is 26.0 Å². The van der Waals surface area contributed by atoms with Crippen LogP contribution in [0.5, 0.6) is 0 Å². The van der Waals surface area contributed by atoms with Gasteiger partial charge in [0.2, 0.25) is 0 Å². The Labute approximate surface area is 118 Å².